The molecule has 4 heteroatoms. The van der Waals surface area contributed by atoms with Gasteiger partial charge in [-0.2, -0.15) is 0 Å². The highest BCUT2D eigenvalue weighted by molar-refractivity contribution is 4.85. The minimum Gasteiger partial charge on any atom is -0.393 e. The molecule has 0 aromatic heterocycles. The Labute approximate surface area is 191 Å². The van der Waals surface area contributed by atoms with Crippen LogP contribution in [0.2, 0.25) is 0 Å². The molecule has 0 amide bonds. The minimum absolute atomic E-state index is 0.0475. The van der Waals surface area contributed by atoms with Crippen molar-refractivity contribution in [3.63, 3.8) is 0 Å². The molecular formula is C27H51FO3. The van der Waals surface area contributed by atoms with Crippen molar-refractivity contribution in [2.24, 2.45) is 41.4 Å². The largest absolute Gasteiger partial charge is 0.393 e. The van der Waals surface area contributed by atoms with Gasteiger partial charge in [-0.1, -0.05) is 53.4 Å². The van der Waals surface area contributed by atoms with E-state index in [9.17, 15) is 19.7 Å². The molecule has 0 radical (unpaired) electrons. The molecule has 0 aliphatic heterocycles. The van der Waals surface area contributed by atoms with Crippen LogP contribution in [0.15, 0.2) is 0 Å². The van der Waals surface area contributed by atoms with Crippen molar-refractivity contribution in [3.05, 3.63) is 0 Å². The summed E-state index contributed by atoms with van der Waals surface area (Å²) in [5.74, 6) is 1.56. The third-order valence-electron chi connectivity index (χ3n) is 8.97. The fourth-order valence-corrected chi connectivity index (χ4v) is 6.47. The number of halogens is 1. The zero-order valence-electron chi connectivity index (χ0n) is 20.8. The van der Waals surface area contributed by atoms with E-state index < -0.39 is 18.4 Å². The molecule has 184 valence electrons. The molecule has 0 spiro atoms. The summed E-state index contributed by atoms with van der Waals surface area (Å²) in [6, 6.07) is 0. The molecule has 3 N–H and O–H groups in total. The lowest BCUT2D eigenvalue weighted by atomic mass is 9.72. The number of alkyl halides is 1. The van der Waals surface area contributed by atoms with Crippen LogP contribution in [0.5, 0.6) is 0 Å². The molecule has 9 atom stereocenters. The van der Waals surface area contributed by atoms with Gasteiger partial charge >= 0.3 is 0 Å². The first kappa shape index (κ1) is 27.1. The second-order valence-electron chi connectivity index (χ2n) is 11.6. The van der Waals surface area contributed by atoms with Crippen LogP contribution in [0.25, 0.3) is 0 Å². The summed E-state index contributed by atoms with van der Waals surface area (Å²) in [6.07, 6.45) is 8.73. The van der Waals surface area contributed by atoms with Crippen molar-refractivity contribution < 1.29 is 19.7 Å². The lowest BCUT2D eigenvalue weighted by molar-refractivity contribution is -0.0241. The van der Waals surface area contributed by atoms with E-state index in [4.69, 9.17) is 0 Å². The van der Waals surface area contributed by atoms with Gasteiger partial charge in [0.2, 0.25) is 0 Å². The number of aliphatic hydroxyl groups excluding tert-OH is 3. The van der Waals surface area contributed by atoms with Gasteiger partial charge in [-0.15, -0.1) is 0 Å². The van der Waals surface area contributed by atoms with Gasteiger partial charge in [0, 0.05) is 0 Å². The van der Waals surface area contributed by atoms with E-state index in [1.165, 1.54) is 12.8 Å². The molecule has 2 fully saturated rings. The Morgan fingerprint density at radius 1 is 0.871 bits per heavy atom. The van der Waals surface area contributed by atoms with E-state index in [-0.39, 0.29) is 35.7 Å². The zero-order chi connectivity index (χ0) is 23.1. The fraction of sp³-hybridized carbons (Fsp3) is 1.00. The summed E-state index contributed by atoms with van der Waals surface area (Å²) in [6.45, 7) is 10.3. The van der Waals surface area contributed by atoms with Crippen LogP contribution in [0.4, 0.5) is 4.39 Å². The van der Waals surface area contributed by atoms with Crippen molar-refractivity contribution in [2.75, 3.05) is 0 Å². The molecule has 0 aromatic carbocycles. The highest BCUT2D eigenvalue weighted by Crippen LogP contribution is 2.38. The van der Waals surface area contributed by atoms with Gasteiger partial charge in [-0.3, -0.25) is 0 Å². The average molecular weight is 443 g/mol. The van der Waals surface area contributed by atoms with Crippen LogP contribution >= 0.6 is 0 Å². The molecule has 0 aromatic rings. The van der Waals surface area contributed by atoms with Crippen molar-refractivity contribution in [2.45, 2.75) is 130 Å². The third kappa shape index (κ3) is 7.96. The van der Waals surface area contributed by atoms with Crippen LogP contribution in [-0.2, 0) is 0 Å². The number of rotatable bonds is 11. The normalized spacial score (nSPS) is 35.7. The van der Waals surface area contributed by atoms with Gasteiger partial charge in [0.05, 0.1) is 18.3 Å². The SMILES string of the molecule is CC1CCC(C(O)C(C)[C@H](CCC[C@@H](O)C(C)CC2CCC[C@H](C)C2F)C(C)O)CC1. The molecule has 2 aliphatic rings. The first-order valence-electron chi connectivity index (χ1n) is 13.3. The first-order valence-corrected chi connectivity index (χ1v) is 13.3. The molecular weight excluding hydrogens is 391 g/mol. The quantitative estimate of drug-likeness (QED) is 0.360. The van der Waals surface area contributed by atoms with Crippen molar-refractivity contribution in [3.8, 4) is 0 Å². The highest BCUT2D eigenvalue weighted by Gasteiger charge is 2.35. The second-order valence-corrected chi connectivity index (χ2v) is 11.6. The summed E-state index contributed by atoms with van der Waals surface area (Å²) in [5, 5.41) is 32.1. The van der Waals surface area contributed by atoms with E-state index in [0.29, 0.717) is 12.3 Å². The van der Waals surface area contributed by atoms with Crippen molar-refractivity contribution >= 4 is 0 Å². The molecule has 2 saturated carbocycles. The molecule has 0 bridgehead atoms. The first-order chi connectivity index (χ1) is 14.6. The van der Waals surface area contributed by atoms with Crippen molar-refractivity contribution in [1.29, 1.82) is 0 Å². The Hall–Kier alpha value is -0.190. The van der Waals surface area contributed by atoms with Gasteiger partial charge < -0.3 is 15.3 Å². The molecule has 2 aliphatic carbocycles. The van der Waals surface area contributed by atoms with E-state index in [2.05, 4.69) is 20.8 Å². The lowest BCUT2D eigenvalue weighted by Crippen LogP contribution is -2.38. The van der Waals surface area contributed by atoms with E-state index in [1.807, 2.05) is 13.8 Å². The Bertz CT molecular complexity index is 491. The molecule has 2 rings (SSSR count). The zero-order valence-corrected chi connectivity index (χ0v) is 20.8. The summed E-state index contributed by atoms with van der Waals surface area (Å²) in [7, 11) is 0. The van der Waals surface area contributed by atoms with Gasteiger partial charge in [-0.25, -0.2) is 4.39 Å². The smallest absolute Gasteiger partial charge is 0.105 e. The number of hydrogen-bond acceptors (Lipinski definition) is 3. The summed E-state index contributed by atoms with van der Waals surface area (Å²) < 4.78 is 14.5. The van der Waals surface area contributed by atoms with Crippen LogP contribution < -0.4 is 0 Å². The maximum atomic E-state index is 14.5. The number of aliphatic hydroxyl groups is 3. The molecule has 3 nitrogen and oxygen atoms in total. The summed E-state index contributed by atoms with van der Waals surface area (Å²) >= 11 is 0. The van der Waals surface area contributed by atoms with E-state index >= 15 is 0 Å². The fourth-order valence-electron chi connectivity index (χ4n) is 6.47. The topological polar surface area (TPSA) is 60.7 Å². The Morgan fingerprint density at radius 3 is 2.13 bits per heavy atom. The Balaban J connectivity index is 1.78. The Kier molecular flexibility index (Phi) is 11.3. The summed E-state index contributed by atoms with van der Waals surface area (Å²) in [4.78, 5) is 0. The minimum atomic E-state index is -0.729. The van der Waals surface area contributed by atoms with Crippen LogP contribution in [-0.4, -0.2) is 39.8 Å². The lowest BCUT2D eigenvalue weighted by Gasteiger charge is -2.37. The predicted octanol–water partition coefficient (Wildman–Crippen LogP) is 6.14. The van der Waals surface area contributed by atoms with Gasteiger partial charge in [0.1, 0.15) is 6.17 Å². The highest BCUT2D eigenvalue weighted by atomic mass is 19.1. The van der Waals surface area contributed by atoms with Crippen molar-refractivity contribution in [1.82, 2.24) is 0 Å². The maximum Gasteiger partial charge on any atom is 0.105 e. The molecule has 31 heavy (non-hydrogen) atoms. The average Bonchev–Trinajstić information content (AvgIpc) is 2.73. The molecule has 0 saturated heterocycles. The Morgan fingerprint density at radius 2 is 1.52 bits per heavy atom. The van der Waals surface area contributed by atoms with Crippen LogP contribution in [0.1, 0.15) is 105 Å². The second kappa shape index (κ2) is 12.9. The van der Waals surface area contributed by atoms with Gasteiger partial charge in [-0.05, 0) is 93.3 Å². The van der Waals surface area contributed by atoms with E-state index in [1.54, 1.807) is 0 Å². The van der Waals surface area contributed by atoms with Crippen LogP contribution in [0, 0.1) is 41.4 Å². The van der Waals surface area contributed by atoms with Gasteiger partial charge in [0.25, 0.3) is 0 Å². The predicted molar refractivity (Wildman–Crippen MR) is 127 cm³/mol. The van der Waals surface area contributed by atoms with Gasteiger partial charge in [0.15, 0.2) is 0 Å². The third-order valence-corrected chi connectivity index (χ3v) is 8.97. The van der Waals surface area contributed by atoms with Crippen LogP contribution in [0.3, 0.4) is 0 Å². The molecule has 6 unspecified atom stereocenters. The molecule has 0 heterocycles. The standard InChI is InChI=1S/C27H51FO3/c1-17-12-14-22(15-13-17)27(31)20(4)24(21(5)29)10-7-11-25(30)19(3)16-23-9-6-8-18(2)26(23)28/h17-27,29-31H,6-16H2,1-5H3/t17?,18-,19?,20?,21?,22?,23?,24-,25+,26?,27?/m0/s1. The monoisotopic (exact) mass is 442 g/mol. The number of hydrogen-bond donors (Lipinski definition) is 3. The maximum absolute atomic E-state index is 14.5. The van der Waals surface area contributed by atoms with E-state index in [0.717, 1.165) is 57.3 Å². The summed E-state index contributed by atoms with van der Waals surface area (Å²) in [5.41, 5.74) is 0.